The first-order valence-electron chi connectivity index (χ1n) is 6.22. The van der Waals surface area contributed by atoms with Crippen LogP contribution in [0.1, 0.15) is 11.6 Å². The van der Waals surface area contributed by atoms with E-state index < -0.39 is 0 Å². The standard InChI is InChI=1S/C14H23NO4/c1-15-12(10-19-8-7-16-2)11-5-6-13(17-3)14(9-11)18-4/h5-6,9,12,15H,7-8,10H2,1-4H3. The van der Waals surface area contributed by atoms with Gasteiger partial charge in [0, 0.05) is 7.11 Å². The minimum Gasteiger partial charge on any atom is -0.493 e. The summed E-state index contributed by atoms with van der Waals surface area (Å²) in [5.74, 6) is 1.44. The Bertz CT molecular complexity index is 370. The van der Waals surface area contributed by atoms with Gasteiger partial charge in [-0.25, -0.2) is 0 Å². The normalized spacial score (nSPS) is 12.2. The third-order valence-corrected chi connectivity index (χ3v) is 2.87. The van der Waals surface area contributed by atoms with Crippen LogP contribution in [0.15, 0.2) is 18.2 Å². The Morgan fingerprint density at radius 1 is 1.05 bits per heavy atom. The third kappa shape index (κ3) is 4.70. The minimum atomic E-state index is 0.108. The van der Waals surface area contributed by atoms with Crippen molar-refractivity contribution < 1.29 is 18.9 Å². The number of ether oxygens (including phenoxy) is 4. The summed E-state index contributed by atoms with van der Waals surface area (Å²) in [6.45, 7) is 1.76. The van der Waals surface area contributed by atoms with Crippen molar-refractivity contribution in [1.82, 2.24) is 5.32 Å². The van der Waals surface area contributed by atoms with Gasteiger partial charge in [-0.1, -0.05) is 6.07 Å². The molecule has 1 atom stereocenters. The molecule has 1 N–H and O–H groups in total. The zero-order valence-corrected chi connectivity index (χ0v) is 12.1. The van der Waals surface area contributed by atoms with E-state index >= 15 is 0 Å². The van der Waals surface area contributed by atoms with Gasteiger partial charge in [0.25, 0.3) is 0 Å². The molecule has 1 unspecified atom stereocenters. The van der Waals surface area contributed by atoms with Gasteiger partial charge in [0.1, 0.15) is 0 Å². The van der Waals surface area contributed by atoms with Crippen LogP contribution in [0, 0.1) is 0 Å². The summed E-state index contributed by atoms with van der Waals surface area (Å²) in [6.07, 6.45) is 0. The van der Waals surface area contributed by atoms with Crippen LogP contribution in [0.4, 0.5) is 0 Å². The highest BCUT2D eigenvalue weighted by Gasteiger charge is 2.12. The predicted octanol–water partition coefficient (Wildman–Crippen LogP) is 1.63. The summed E-state index contributed by atoms with van der Waals surface area (Å²) in [4.78, 5) is 0. The molecular formula is C14H23NO4. The minimum absolute atomic E-state index is 0.108. The second-order valence-corrected chi connectivity index (χ2v) is 4.02. The van der Waals surface area contributed by atoms with E-state index in [9.17, 15) is 0 Å². The van der Waals surface area contributed by atoms with Crippen LogP contribution in [-0.4, -0.2) is 48.2 Å². The van der Waals surface area contributed by atoms with Crippen molar-refractivity contribution in [2.24, 2.45) is 0 Å². The Balaban J connectivity index is 2.69. The average molecular weight is 269 g/mol. The van der Waals surface area contributed by atoms with Gasteiger partial charge in [-0.2, -0.15) is 0 Å². The molecule has 5 heteroatoms. The first kappa shape index (κ1) is 15.8. The number of hydrogen-bond acceptors (Lipinski definition) is 5. The molecule has 0 spiro atoms. The summed E-state index contributed by atoms with van der Waals surface area (Å²) in [7, 11) is 6.82. The van der Waals surface area contributed by atoms with Gasteiger partial charge < -0.3 is 24.3 Å². The molecular weight excluding hydrogens is 246 g/mol. The molecule has 1 rings (SSSR count). The first-order chi connectivity index (χ1) is 9.26. The molecule has 0 aliphatic carbocycles. The summed E-state index contributed by atoms with van der Waals surface area (Å²) in [5.41, 5.74) is 1.09. The Morgan fingerprint density at radius 2 is 1.79 bits per heavy atom. The van der Waals surface area contributed by atoms with E-state index in [1.165, 1.54) is 0 Å². The van der Waals surface area contributed by atoms with Crippen molar-refractivity contribution >= 4 is 0 Å². The Kier molecular flexibility index (Phi) is 7.25. The van der Waals surface area contributed by atoms with E-state index in [1.807, 2.05) is 25.2 Å². The Labute approximate surface area is 114 Å². The number of benzene rings is 1. The topological polar surface area (TPSA) is 49.0 Å². The fourth-order valence-electron chi connectivity index (χ4n) is 1.76. The predicted molar refractivity (Wildman–Crippen MR) is 74.0 cm³/mol. The zero-order chi connectivity index (χ0) is 14.1. The van der Waals surface area contributed by atoms with Gasteiger partial charge in [0.05, 0.1) is 40.1 Å². The van der Waals surface area contributed by atoms with Crippen molar-refractivity contribution in [2.45, 2.75) is 6.04 Å². The maximum absolute atomic E-state index is 5.55. The van der Waals surface area contributed by atoms with E-state index in [4.69, 9.17) is 18.9 Å². The molecule has 1 aromatic rings. The van der Waals surface area contributed by atoms with Gasteiger partial charge in [0.2, 0.25) is 0 Å². The van der Waals surface area contributed by atoms with Gasteiger partial charge in [-0.3, -0.25) is 0 Å². The van der Waals surface area contributed by atoms with Crippen LogP contribution in [0.25, 0.3) is 0 Å². The average Bonchev–Trinajstić information content (AvgIpc) is 2.46. The molecule has 0 radical (unpaired) electrons. The van der Waals surface area contributed by atoms with E-state index in [0.717, 1.165) is 17.1 Å². The summed E-state index contributed by atoms with van der Waals surface area (Å²) >= 11 is 0. The van der Waals surface area contributed by atoms with Crippen LogP contribution in [0.3, 0.4) is 0 Å². The van der Waals surface area contributed by atoms with Crippen molar-refractivity contribution in [3.63, 3.8) is 0 Å². The fourth-order valence-corrected chi connectivity index (χ4v) is 1.76. The second kappa shape index (κ2) is 8.74. The van der Waals surface area contributed by atoms with Gasteiger partial charge in [-0.15, -0.1) is 0 Å². The highest BCUT2D eigenvalue weighted by atomic mass is 16.5. The highest BCUT2D eigenvalue weighted by molar-refractivity contribution is 5.43. The molecule has 108 valence electrons. The summed E-state index contributed by atoms with van der Waals surface area (Å²) < 4.78 is 21.0. The molecule has 0 amide bonds. The maximum atomic E-state index is 5.55. The van der Waals surface area contributed by atoms with Gasteiger partial charge in [0.15, 0.2) is 11.5 Å². The van der Waals surface area contributed by atoms with Crippen LogP contribution in [-0.2, 0) is 9.47 Å². The molecule has 0 bridgehead atoms. The SMILES string of the molecule is CNC(COCCOC)c1ccc(OC)c(OC)c1. The van der Waals surface area contributed by atoms with Gasteiger partial charge in [-0.05, 0) is 24.7 Å². The zero-order valence-electron chi connectivity index (χ0n) is 12.1. The van der Waals surface area contributed by atoms with Crippen molar-refractivity contribution in [3.05, 3.63) is 23.8 Å². The highest BCUT2D eigenvalue weighted by Crippen LogP contribution is 2.29. The molecule has 0 fully saturated rings. The number of methoxy groups -OCH3 is 3. The van der Waals surface area contributed by atoms with E-state index in [1.54, 1.807) is 21.3 Å². The van der Waals surface area contributed by atoms with E-state index in [2.05, 4.69) is 5.32 Å². The summed E-state index contributed by atoms with van der Waals surface area (Å²) in [6, 6.07) is 5.96. The van der Waals surface area contributed by atoms with Crippen molar-refractivity contribution in [3.8, 4) is 11.5 Å². The van der Waals surface area contributed by atoms with E-state index in [0.29, 0.717) is 19.8 Å². The first-order valence-corrected chi connectivity index (χ1v) is 6.22. The van der Waals surface area contributed by atoms with Crippen molar-refractivity contribution in [1.29, 1.82) is 0 Å². The lowest BCUT2D eigenvalue weighted by Gasteiger charge is -2.18. The van der Waals surface area contributed by atoms with Gasteiger partial charge >= 0.3 is 0 Å². The lowest BCUT2D eigenvalue weighted by molar-refractivity contribution is 0.0596. The lowest BCUT2D eigenvalue weighted by atomic mass is 10.1. The molecule has 0 heterocycles. The molecule has 0 aromatic heterocycles. The van der Waals surface area contributed by atoms with Crippen molar-refractivity contribution in [2.75, 3.05) is 48.2 Å². The Morgan fingerprint density at radius 3 is 2.37 bits per heavy atom. The quantitative estimate of drug-likeness (QED) is 0.690. The second-order valence-electron chi connectivity index (χ2n) is 4.02. The molecule has 19 heavy (non-hydrogen) atoms. The van der Waals surface area contributed by atoms with E-state index in [-0.39, 0.29) is 6.04 Å². The Hall–Kier alpha value is -1.30. The molecule has 0 aliphatic heterocycles. The largest absolute Gasteiger partial charge is 0.493 e. The number of nitrogens with one attached hydrogen (secondary N) is 1. The van der Waals surface area contributed by atoms with Crippen LogP contribution in [0.5, 0.6) is 11.5 Å². The molecule has 5 nitrogen and oxygen atoms in total. The molecule has 0 aliphatic rings. The molecule has 1 aromatic carbocycles. The van der Waals surface area contributed by atoms with Crippen LogP contribution >= 0.6 is 0 Å². The van der Waals surface area contributed by atoms with Crippen LogP contribution in [0.2, 0.25) is 0 Å². The maximum Gasteiger partial charge on any atom is 0.161 e. The number of hydrogen-bond donors (Lipinski definition) is 1. The number of likely N-dealkylation sites (N-methyl/N-ethyl adjacent to an activating group) is 1. The summed E-state index contributed by atoms with van der Waals surface area (Å²) in [5, 5.41) is 3.22. The fraction of sp³-hybridized carbons (Fsp3) is 0.571. The monoisotopic (exact) mass is 269 g/mol. The molecule has 0 saturated carbocycles. The molecule has 0 saturated heterocycles. The smallest absolute Gasteiger partial charge is 0.161 e. The lowest BCUT2D eigenvalue weighted by Crippen LogP contribution is -2.22. The third-order valence-electron chi connectivity index (χ3n) is 2.87. The van der Waals surface area contributed by atoms with Crippen LogP contribution < -0.4 is 14.8 Å². The number of rotatable bonds is 9.